The summed E-state index contributed by atoms with van der Waals surface area (Å²) in [5.41, 5.74) is 6.89. The van der Waals surface area contributed by atoms with Crippen molar-refractivity contribution in [3.8, 4) is 0 Å². The lowest BCUT2D eigenvalue weighted by molar-refractivity contribution is -0.183. The van der Waals surface area contributed by atoms with Crippen LogP contribution in [0.25, 0.3) is 10.9 Å². The zero-order valence-electron chi connectivity index (χ0n) is 20.1. The van der Waals surface area contributed by atoms with Crippen LogP contribution in [0.15, 0.2) is 24.4 Å². The van der Waals surface area contributed by atoms with Crippen LogP contribution in [0.1, 0.15) is 40.4 Å². The van der Waals surface area contributed by atoms with Crippen LogP contribution >= 0.6 is 12.4 Å². The highest BCUT2D eigenvalue weighted by atomic mass is 35.5. The molecule has 1 atom stereocenters. The highest BCUT2D eigenvalue weighted by molar-refractivity contribution is 5.97. The average molecular weight is 559 g/mol. The lowest BCUT2D eigenvalue weighted by atomic mass is 9.92. The number of hydrogen-bond acceptors (Lipinski definition) is 5. The van der Waals surface area contributed by atoms with Crippen LogP contribution in [0.3, 0.4) is 0 Å². The van der Waals surface area contributed by atoms with Crippen molar-refractivity contribution in [3.05, 3.63) is 52.9 Å². The zero-order valence-corrected chi connectivity index (χ0v) is 21.0. The van der Waals surface area contributed by atoms with Crippen LogP contribution in [-0.2, 0) is 11.3 Å². The fraction of sp³-hybridized carbons (Fsp3) is 0.417. The maximum Gasteiger partial charge on any atom is 0.408 e. The molecule has 0 bridgehead atoms. The molecule has 4 heterocycles. The molecule has 0 spiro atoms. The van der Waals surface area contributed by atoms with E-state index in [1.165, 1.54) is 17.2 Å². The molecule has 0 unspecified atom stereocenters. The number of nitrogens with zero attached hydrogens (tertiary/aromatic N) is 5. The third-order valence-corrected chi connectivity index (χ3v) is 6.94. The van der Waals surface area contributed by atoms with Crippen molar-refractivity contribution in [1.29, 1.82) is 0 Å². The SMILES string of the molecule is Cc1cnc(N)cc1C(=O)N1CC(c2nn(CC(=O)N3CCC[C@H]3C(F)(F)F)c3cc(F)cc(F)c23)C1.Cl. The summed E-state index contributed by atoms with van der Waals surface area (Å²) in [6.07, 6.45) is -3.07. The summed E-state index contributed by atoms with van der Waals surface area (Å²) in [4.78, 5) is 31.9. The van der Waals surface area contributed by atoms with Gasteiger partial charge in [0.05, 0.1) is 16.6 Å². The first kappa shape index (κ1) is 27.6. The molecule has 2 saturated heterocycles. The Morgan fingerprint density at radius 1 is 1.16 bits per heavy atom. The minimum absolute atomic E-state index is 0. The number of carbonyl (C=O) groups is 2. The van der Waals surface area contributed by atoms with E-state index in [0.717, 1.165) is 15.6 Å². The van der Waals surface area contributed by atoms with Gasteiger partial charge in [-0.3, -0.25) is 14.3 Å². The number of rotatable bonds is 4. The number of fused-ring (bicyclic) bond motifs is 1. The van der Waals surface area contributed by atoms with Gasteiger partial charge in [-0.05, 0) is 31.4 Å². The minimum atomic E-state index is -4.57. The molecule has 38 heavy (non-hydrogen) atoms. The Labute approximate surface area is 220 Å². The van der Waals surface area contributed by atoms with E-state index in [1.54, 1.807) is 6.92 Å². The van der Waals surface area contributed by atoms with E-state index in [4.69, 9.17) is 5.73 Å². The van der Waals surface area contributed by atoms with Gasteiger partial charge in [0, 0.05) is 49.4 Å². The second kappa shape index (κ2) is 10.0. The fourth-order valence-corrected chi connectivity index (χ4v) is 5.04. The molecule has 2 N–H and O–H groups in total. The molecule has 14 heteroatoms. The van der Waals surface area contributed by atoms with Crippen LogP contribution in [0, 0.1) is 18.6 Å². The van der Waals surface area contributed by atoms with Gasteiger partial charge in [0.25, 0.3) is 5.91 Å². The lowest BCUT2D eigenvalue weighted by Crippen LogP contribution is -2.49. The van der Waals surface area contributed by atoms with Crippen molar-refractivity contribution < 1.29 is 31.5 Å². The second-order valence-electron chi connectivity index (χ2n) is 9.44. The molecule has 2 aliphatic rings. The number of hydrogen-bond donors (Lipinski definition) is 1. The number of nitrogen functional groups attached to an aromatic ring is 1. The highest BCUT2D eigenvalue weighted by Gasteiger charge is 2.47. The smallest absolute Gasteiger partial charge is 0.384 e. The summed E-state index contributed by atoms with van der Waals surface area (Å²) >= 11 is 0. The fourth-order valence-electron chi connectivity index (χ4n) is 5.04. The number of likely N-dealkylation sites (tertiary alicyclic amines) is 2. The van der Waals surface area contributed by atoms with Gasteiger partial charge in [-0.25, -0.2) is 13.8 Å². The van der Waals surface area contributed by atoms with Crippen molar-refractivity contribution >= 4 is 40.9 Å². The molecule has 3 aromatic rings. The number of carbonyl (C=O) groups excluding carboxylic acids is 2. The van der Waals surface area contributed by atoms with Gasteiger partial charge in [-0.15, -0.1) is 12.4 Å². The van der Waals surface area contributed by atoms with Crippen LogP contribution in [0.5, 0.6) is 0 Å². The third kappa shape index (κ3) is 4.86. The van der Waals surface area contributed by atoms with Crippen molar-refractivity contribution in [1.82, 2.24) is 24.6 Å². The summed E-state index contributed by atoms with van der Waals surface area (Å²) in [7, 11) is 0. The van der Waals surface area contributed by atoms with Crippen molar-refractivity contribution in [2.24, 2.45) is 0 Å². The van der Waals surface area contributed by atoms with Crippen LogP contribution in [0.4, 0.5) is 27.8 Å². The van der Waals surface area contributed by atoms with Crippen LogP contribution in [0.2, 0.25) is 0 Å². The van der Waals surface area contributed by atoms with Gasteiger partial charge < -0.3 is 15.5 Å². The topological polar surface area (TPSA) is 97.3 Å². The molecule has 1 aromatic carbocycles. The number of amides is 2. The van der Waals surface area contributed by atoms with Gasteiger partial charge in [-0.1, -0.05) is 0 Å². The Morgan fingerprint density at radius 2 is 1.87 bits per heavy atom. The first-order valence-corrected chi connectivity index (χ1v) is 11.7. The second-order valence-corrected chi connectivity index (χ2v) is 9.44. The van der Waals surface area contributed by atoms with E-state index in [1.807, 2.05) is 0 Å². The number of aromatic nitrogens is 3. The van der Waals surface area contributed by atoms with E-state index in [9.17, 15) is 31.5 Å². The molecule has 2 amide bonds. The van der Waals surface area contributed by atoms with Crippen molar-refractivity contribution in [2.45, 2.75) is 44.4 Å². The number of anilines is 1. The quantitative estimate of drug-likeness (QED) is 0.491. The number of benzene rings is 1. The van der Waals surface area contributed by atoms with Gasteiger partial charge >= 0.3 is 6.18 Å². The standard InChI is InChI=1S/C24H23F5N6O2.ClH/c1-12-8-31-19(30)7-15(12)23(37)33-9-13(10-33)22-21-16(26)5-14(25)6-17(21)35(32-22)11-20(36)34-4-2-3-18(34)24(27,28)29;/h5-8,13,18H,2-4,9-11H2,1H3,(H2,30,31);1H/t18-;/m0./s1. The molecule has 2 aromatic heterocycles. The molecular weight excluding hydrogens is 535 g/mol. The average Bonchev–Trinajstić information content (AvgIpc) is 3.40. The molecule has 0 saturated carbocycles. The predicted molar refractivity (Wildman–Crippen MR) is 130 cm³/mol. The van der Waals surface area contributed by atoms with Crippen molar-refractivity contribution in [3.63, 3.8) is 0 Å². The van der Waals surface area contributed by atoms with Crippen LogP contribution < -0.4 is 5.73 Å². The van der Waals surface area contributed by atoms with Crippen LogP contribution in [-0.4, -0.2) is 68.2 Å². The normalized spacial score (nSPS) is 18.0. The number of pyridine rings is 1. The van der Waals surface area contributed by atoms with E-state index in [-0.39, 0.29) is 73.2 Å². The van der Waals surface area contributed by atoms with Gasteiger partial charge in [0.1, 0.15) is 30.0 Å². The number of nitrogens with two attached hydrogens (primary N) is 1. The number of aryl methyl sites for hydroxylation is 1. The maximum atomic E-state index is 14.9. The number of halogens is 6. The van der Waals surface area contributed by atoms with Gasteiger partial charge in [0.2, 0.25) is 5.91 Å². The summed E-state index contributed by atoms with van der Waals surface area (Å²) in [5.74, 6) is -3.17. The minimum Gasteiger partial charge on any atom is -0.384 e. The Morgan fingerprint density at radius 3 is 2.55 bits per heavy atom. The summed E-state index contributed by atoms with van der Waals surface area (Å²) < 4.78 is 70.0. The van der Waals surface area contributed by atoms with Crippen molar-refractivity contribution in [2.75, 3.05) is 25.4 Å². The number of alkyl halides is 3. The van der Waals surface area contributed by atoms with Gasteiger partial charge in [-0.2, -0.15) is 18.3 Å². The first-order chi connectivity index (χ1) is 17.4. The summed E-state index contributed by atoms with van der Waals surface area (Å²) in [6, 6.07) is 1.25. The van der Waals surface area contributed by atoms with E-state index in [2.05, 4.69) is 10.1 Å². The summed E-state index contributed by atoms with van der Waals surface area (Å²) in [5, 5.41) is 4.30. The first-order valence-electron chi connectivity index (χ1n) is 11.7. The maximum absolute atomic E-state index is 14.9. The molecule has 0 aliphatic carbocycles. The molecule has 2 fully saturated rings. The highest BCUT2D eigenvalue weighted by Crippen LogP contribution is 2.36. The third-order valence-electron chi connectivity index (χ3n) is 6.94. The largest absolute Gasteiger partial charge is 0.408 e. The molecule has 0 radical (unpaired) electrons. The predicted octanol–water partition coefficient (Wildman–Crippen LogP) is 3.81. The molecular formula is C24H24ClF5N6O2. The van der Waals surface area contributed by atoms with E-state index in [0.29, 0.717) is 17.2 Å². The molecule has 8 nitrogen and oxygen atoms in total. The van der Waals surface area contributed by atoms with Gasteiger partial charge in [0.15, 0.2) is 0 Å². The Balaban J connectivity index is 0.00000336. The Hall–Kier alpha value is -3.48. The molecule has 2 aliphatic heterocycles. The van der Waals surface area contributed by atoms with E-state index >= 15 is 0 Å². The molecule has 5 rings (SSSR count). The summed E-state index contributed by atoms with van der Waals surface area (Å²) in [6.45, 7) is 1.42. The Bertz CT molecular complexity index is 1410. The molecule has 204 valence electrons. The Kier molecular flexibility index (Phi) is 7.26. The lowest BCUT2D eigenvalue weighted by Gasteiger charge is -2.38. The zero-order chi connectivity index (χ0) is 26.6. The van der Waals surface area contributed by atoms with E-state index < -0.39 is 42.2 Å². The monoisotopic (exact) mass is 558 g/mol.